The van der Waals surface area contributed by atoms with Crippen LogP contribution < -0.4 is 0 Å². The molecule has 0 fully saturated rings. The van der Waals surface area contributed by atoms with Crippen LogP contribution in [0, 0.1) is 6.92 Å². The number of aryl methyl sites for hydroxylation is 1. The van der Waals surface area contributed by atoms with E-state index in [0.29, 0.717) is 0 Å². The Hall–Kier alpha value is -1.38. The molecule has 3 nitrogen and oxygen atoms in total. The second-order valence-electron chi connectivity index (χ2n) is 3.16. The molecule has 1 rings (SSSR count). The van der Waals surface area contributed by atoms with Gasteiger partial charge in [-0.3, -0.25) is 5.01 Å². The molecule has 0 saturated heterocycles. The van der Waals surface area contributed by atoms with Gasteiger partial charge in [-0.15, -0.1) is 5.11 Å². The highest BCUT2D eigenvalue weighted by Crippen LogP contribution is 2.13. The molecular formula is C11H17N3. The molecule has 0 atom stereocenters. The van der Waals surface area contributed by atoms with Gasteiger partial charge < -0.3 is 0 Å². The van der Waals surface area contributed by atoms with Crippen LogP contribution in [0.2, 0.25) is 0 Å². The highest BCUT2D eigenvalue weighted by Gasteiger charge is 1.92. The number of benzene rings is 1. The van der Waals surface area contributed by atoms with Crippen molar-refractivity contribution in [3.05, 3.63) is 29.8 Å². The minimum absolute atomic E-state index is 0.895. The first-order chi connectivity index (χ1) is 6.76. The van der Waals surface area contributed by atoms with Gasteiger partial charge in [0.05, 0.1) is 5.69 Å². The molecule has 0 unspecified atom stereocenters. The van der Waals surface area contributed by atoms with Gasteiger partial charge >= 0.3 is 0 Å². The summed E-state index contributed by atoms with van der Waals surface area (Å²) in [5.41, 5.74) is 2.15. The summed E-state index contributed by atoms with van der Waals surface area (Å²) in [6.45, 7) is 7.98. The van der Waals surface area contributed by atoms with E-state index in [1.807, 2.05) is 29.3 Å². The van der Waals surface area contributed by atoms with E-state index in [2.05, 4.69) is 31.1 Å². The average molecular weight is 191 g/mol. The topological polar surface area (TPSA) is 28.0 Å². The summed E-state index contributed by atoms with van der Waals surface area (Å²) >= 11 is 0. The van der Waals surface area contributed by atoms with E-state index in [4.69, 9.17) is 0 Å². The van der Waals surface area contributed by atoms with Crippen LogP contribution in [-0.4, -0.2) is 18.1 Å². The van der Waals surface area contributed by atoms with Crippen molar-refractivity contribution >= 4 is 5.69 Å². The molecular weight excluding hydrogens is 174 g/mol. The fraction of sp³-hybridized carbons (Fsp3) is 0.455. The molecule has 1 aromatic rings. The second kappa shape index (κ2) is 5.37. The lowest BCUT2D eigenvalue weighted by Crippen LogP contribution is -2.14. The SMILES string of the molecule is CCN(CC)N=Nc1ccc(C)cc1. The van der Waals surface area contributed by atoms with Crippen molar-refractivity contribution in [1.82, 2.24) is 5.01 Å². The van der Waals surface area contributed by atoms with E-state index < -0.39 is 0 Å². The van der Waals surface area contributed by atoms with Crippen LogP contribution in [0.25, 0.3) is 0 Å². The maximum absolute atomic E-state index is 4.14. The Bertz CT molecular complexity index is 286. The van der Waals surface area contributed by atoms with Crippen molar-refractivity contribution in [3.63, 3.8) is 0 Å². The minimum Gasteiger partial charge on any atom is -0.279 e. The first-order valence-corrected chi connectivity index (χ1v) is 4.99. The van der Waals surface area contributed by atoms with Gasteiger partial charge in [0.2, 0.25) is 0 Å². The average Bonchev–Trinajstić information content (AvgIpc) is 2.22. The number of nitrogens with zero attached hydrogens (tertiary/aromatic N) is 3. The van der Waals surface area contributed by atoms with Gasteiger partial charge in [-0.2, -0.15) is 0 Å². The summed E-state index contributed by atoms with van der Waals surface area (Å²) < 4.78 is 0. The van der Waals surface area contributed by atoms with Gasteiger partial charge in [0.25, 0.3) is 0 Å². The van der Waals surface area contributed by atoms with Gasteiger partial charge in [0, 0.05) is 13.1 Å². The lowest BCUT2D eigenvalue weighted by atomic mass is 10.2. The molecule has 0 aliphatic carbocycles. The molecule has 14 heavy (non-hydrogen) atoms. The fourth-order valence-electron chi connectivity index (χ4n) is 1.08. The predicted molar refractivity (Wildman–Crippen MR) is 58.6 cm³/mol. The van der Waals surface area contributed by atoms with Gasteiger partial charge in [-0.05, 0) is 32.9 Å². The molecule has 0 bridgehead atoms. The predicted octanol–water partition coefficient (Wildman–Crippen LogP) is 3.34. The monoisotopic (exact) mass is 191 g/mol. The summed E-state index contributed by atoms with van der Waals surface area (Å²) in [6, 6.07) is 8.03. The Morgan fingerprint density at radius 1 is 1.07 bits per heavy atom. The van der Waals surface area contributed by atoms with Crippen molar-refractivity contribution in [3.8, 4) is 0 Å². The van der Waals surface area contributed by atoms with E-state index in [9.17, 15) is 0 Å². The normalized spacial score (nSPS) is 10.8. The molecule has 76 valence electrons. The first kappa shape index (κ1) is 10.7. The van der Waals surface area contributed by atoms with E-state index in [0.717, 1.165) is 18.8 Å². The standard InChI is InChI=1S/C11H17N3/c1-4-14(5-2)13-12-11-8-6-10(3)7-9-11/h6-9H,4-5H2,1-3H3. The molecule has 0 spiro atoms. The summed E-state index contributed by atoms with van der Waals surface area (Å²) in [5, 5.41) is 10.2. The fourth-order valence-corrected chi connectivity index (χ4v) is 1.08. The smallest absolute Gasteiger partial charge is 0.0874 e. The van der Waals surface area contributed by atoms with Crippen LogP contribution in [0.1, 0.15) is 19.4 Å². The van der Waals surface area contributed by atoms with E-state index in [-0.39, 0.29) is 0 Å². The van der Waals surface area contributed by atoms with E-state index >= 15 is 0 Å². The molecule has 0 heterocycles. The summed E-state index contributed by atoms with van der Waals surface area (Å²) in [4.78, 5) is 0. The zero-order chi connectivity index (χ0) is 10.4. The Kier molecular flexibility index (Phi) is 4.11. The minimum atomic E-state index is 0.895. The van der Waals surface area contributed by atoms with Crippen molar-refractivity contribution in [2.75, 3.05) is 13.1 Å². The quantitative estimate of drug-likeness (QED) is 0.530. The molecule has 0 aliphatic rings. The van der Waals surface area contributed by atoms with Crippen LogP contribution >= 0.6 is 0 Å². The number of hydrogen-bond donors (Lipinski definition) is 0. The maximum atomic E-state index is 4.14. The highest BCUT2D eigenvalue weighted by atomic mass is 15.5. The largest absolute Gasteiger partial charge is 0.279 e. The Labute approximate surface area is 85.4 Å². The Morgan fingerprint density at radius 3 is 2.14 bits per heavy atom. The van der Waals surface area contributed by atoms with Crippen LogP contribution in [0.3, 0.4) is 0 Å². The van der Waals surface area contributed by atoms with Crippen molar-refractivity contribution in [2.24, 2.45) is 10.3 Å². The van der Waals surface area contributed by atoms with Crippen LogP contribution in [0.5, 0.6) is 0 Å². The third-order valence-electron chi connectivity index (χ3n) is 2.05. The van der Waals surface area contributed by atoms with Crippen LogP contribution in [-0.2, 0) is 0 Å². The lowest BCUT2D eigenvalue weighted by Gasteiger charge is -2.10. The lowest BCUT2D eigenvalue weighted by molar-refractivity contribution is 0.301. The zero-order valence-electron chi connectivity index (χ0n) is 9.07. The highest BCUT2D eigenvalue weighted by molar-refractivity contribution is 5.37. The summed E-state index contributed by atoms with van der Waals surface area (Å²) in [5.74, 6) is 0. The van der Waals surface area contributed by atoms with Crippen LogP contribution in [0.4, 0.5) is 5.69 Å². The molecule has 0 amide bonds. The number of rotatable bonds is 4. The molecule has 0 aromatic heterocycles. The van der Waals surface area contributed by atoms with E-state index in [1.165, 1.54) is 5.56 Å². The Balaban J connectivity index is 2.63. The molecule has 3 heteroatoms. The van der Waals surface area contributed by atoms with Crippen LogP contribution in [0.15, 0.2) is 34.6 Å². The molecule has 0 N–H and O–H groups in total. The van der Waals surface area contributed by atoms with Crippen molar-refractivity contribution in [1.29, 1.82) is 0 Å². The molecule has 1 aromatic carbocycles. The van der Waals surface area contributed by atoms with Gasteiger partial charge in [0.1, 0.15) is 0 Å². The van der Waals surface area contributed by atoms with Gasteiger partial charge in [-0.1, -0.05) is 22.9 Å². The van der Waals surface area contributed by atoms with Crippen molar-refractivity contribution < 1.29 is 0 Å². The van der Waals surface area contributed by atoms with Crippen molar-refractivity contribution in [2.45, 2.75) is 20.8 Å². The third-order valence-corrected chi connectivity index (χ3v) is 2.05. The van der Waals surface area contributed by atoms with E-state index in [1.54, 1.807) is 0 Å². The molecule has 0 saturated carbocycles. The summed E-state index contributed by atoms with van der Waals surface area (Å²) in [7, 11) is 0. The molecule has 0 radical (unpaired) electrons. The molecule has 0 aliphatic heterocycles. The Morgan fingerprint density at radius 2 is 1.64 bits per heavy atom. The first-order valence-electron chi connectivity index (χ1n) is 4.99. The second-order valence-corrected chi connectivity index (χ2v) is 3.16. The zero-order valence-corrected chi connectivity index (χ0v) is 9.07. The van der Waals surface area contributed by atoms with Gasteiger partial charge in [0.15, 0.2) is 0 Å². The number of hydrogen-bond acceptors (Lipinski definition) is 2. The third kappa shape index (κ3) is 3.17. The van der Waals surface area contributed by atoms with Gasteiger partial charge in [-0.25, -0.2) is 0 Å². The maximum Gasteiger partial charge on any atom is 0.0874 e. The summed E-state index contributed by atoms with van der Waals surface area (Å²) in [6.07, 6.45) is 0.